The molecule has 2 aromatic rings. The first-order valence-corrected chi connectivity index (χ1v) is 7.65. The fraction of sp³-hybridized carbons (Fsp3) is 0.333. The van der Waals surface area contributed by atoms with Crippen molar-refractivity contribution in [1.82, 2.24) is 19.9 Å². The average molecular weight is 287 g/mol. The normalized spacial score (nSPS) is 11.8. The van der Waals surface area contributed by atoms with Crippen molar-refractivity contribution in [1.29, 1.82) is 0 Å². The Hall–Kier alpha value is -1.29. The summed E-state index contributed by atoms with van der Waals surface area (Å²) >= 11 is 1.48. The molecule has 2 aromatic heterocycles. The first-order chi connectivity index (χ1) is 8.63. The highest BCUT2D eigenvalue weighted by Gasteiger charge is 2.19. The monoisotopic (exact) mass is 287 g/mol. The van der Waals surface area contributed by atoms with Gasteiger partial charge in [-0.05, 0) is 0 Å². The molecule has 7 nitrogen and oxygen atoms in total. The van der Waals surface area contributed by atoms with Crippen LogP contribution in [-0.4, -0.2) is 30.1 Å². The summed E-state index contributed by atoms with van der Waals surface area (Å²) < 4.78 is 26.4. The molecule has 0 unspecified atom stereocenters. The molecular weight excluding hydrogens is 274 g/mol. The van der Waals surface area contributed by atoms with Crippen molar-refractivity contribution in [2.75, 3.05) is 6.54 Å². The zero-order valence-electron chi connectivity index (χ0n) is 9.46. The predicted octanol–water partition coefficient (Wildman–Crippen LogP) is -0.154. The molecule has 4 N–H and O–H groups in total. The predicted molar refractivity (Wildman–Crippen MR) is 67.5 cm³/mol. The summed E-state index contributed by atoms with van der Waals surface area (Å²) in [6, 6.07) is 0. The highest BCUT2D eigenvalue weighted by Crippen LogP contribution is 2.10. The van der Waals surface area contributed by atoms with E-state index in [4.69, 9.17) is 5.73 Å². The minimum Gasteiger partial charge on any atom is -0.326 e. The molecule has 0 spiro atoms. The topological polar surface area (TPSA) is 114 Å². The van der Waals surface area contributed by atoms with Gasteiger partial charge in [0.2, 0.25) is 0 Å². The van der Waals surface area contributed by atoms with E-state index < -0.39 is 10.0 Å². The summed E-state index contributed by atoms with van der Waals surface area (Å²) in [5, 5.41) is 8.04. The number of hydrogen-bond donors (Lipinski definition) is 3. The van der Waals surface area contributed by atoms with Gasteiger partial charge in [0, 0.05) is 30.5 Å². The smallest absolute Gasteiger partial charge is 0.257 e. The van der Waals surface area contributed by atoms with Crippen LogP contribution >= 0.6 is 11.3 Å². The highest BCUT2D eigenvalue weighted by atomic mass is 32.2. The average Bonchev–Trinajstić information content (AvgIpc) is 2.99. The van der Waals surface area contributed by atoms with E-state index in [2.05, 4.69) is 19.9 Å². The quantitative estimate of drug-likeness (QED) is 0.683. The standard InChI is InChI=1S/C9H13N5O2S2/c10-3-7-4-12-14-9(7)18(15,16)13-2-1-8-5-17-6-11-8/h4-6,13H,1-3,10H2,(H,12,14). The van der Waals surface area contributed by atoms with Crippen LogP contribution in [0.3, 0.4) is 0 Å². The van der Waals surface area contributed by atoms with Gasteiger partial charge in [-0.15, -0.1) is 11.3 Å². The van der Waals surface area contributed by atoms with Crippen LogP contribution in [0, 0.1) is 0 Å². The molecule has 9 heteroatoms. The molecule has 0 fully saturated rings. The molecule has 0 radical (unpaired) electrons. The maximum Gasteiger partial charge on any atom is 0.257 e. The van der Waals surface area contributed by atoms with Gasteiger partial charge in [-0.2, -0.15) is 5.10 Å². The molecule has 18 heavy (non-hydrogen) atoms. The van der Waals surface area contributed by atoms with Gasteiger partial charge in [-0.1, -0.05) is 0 Å². The number of nitrogens with zero attached hydrogens (tertiary/aromatic N) is 2. The lowest BCUT2D eigenvalue weighted by atomic mass is 10.3. The van der Waals surface area contributed by atoms with Crippen molar-refractivity contribution in [2.45, 2.75) is 18.0 Å². The molecule has 0 saturated heterocycles. The van der Waals surface area contributed by atoms with Crippen molar-refractivity contribution >= 4 is 21.4 Å². The Labute approximate surface area is 108 Å². The van der Waals surface area contributed by atoms with Gasteiger partial charge in [0.15, 0.2) is 5.03 Å². The van der Waals surface area contributed by atoms with Gasteiger partial charge < -0.3 is 5.73 Å². The summed E-state index contributed by atoms with van der Waals surface area (Å²) in [7, 11) is -3.59. The number of nitrogens with one attached hydrogen (secondary N) is 2. The largest absolute Gasteiger partial charge is 0.326 e. The van der Waals surface area contributed by atoms with Crippen LogP contribution in [0.5, 0.6) is 0 Å². The Bertz CT molecular complexity index is 590. The number of H-pyrrole nitrogens is 1. The molecule has 0 aliphatic heterocycles. The Morgan fingerprint density at radius 2 is 2.33 bits per heavy atom. The van der Waals surface area contributed by atoms with Gasteiger partial charge in [0.05, 0.1) is 17.4 Å². The van der Waals surface area contributed by atoms with Crippen LogP contribution in [-0.2, 0) is 23.0 Å². The van der Waals surface area contributed by atoms with Crippen molar-refractivity contribution in [2.24, 2.45) is 5.73 Å². The molecule has 0 atom stereocenters. The summed E-state index contributed by atoms with van der Waals surface area (Å²) in [6.45, 7) is 0.411. The molecule has 2 rings (SSSR count). The molecular formula is C9H13N5O2S2. The molecule has 0 aliphatic rings. The lowest BCUT2D eigenvalue weighted by Crippen LogP contribution is -2.27. The van der Waals surface area contributed by atoms with Crippen LogP contribution in [0.4, 0.5) is 0 Å². The minimum absolute atomic E-state index is 0.0308. The molecule has 0 aromatic carbocycles. The van der Waals surface area contributed by atoms with Crippen molar-refractivity contribution in [3.63, 3.8) is 0 Å². The molecule has 2 heterocycles. The maximum absolute atomic E-state index is 11.9. The van der Waals surface area contributed by atoms with E-state index in [1.54, 1.807) is 5.51 Å². The van der Waals surface area contributed by atoms with E-state index >= 15 is 0 Å². The number of aromatic nitrogens is 3. The Morgan fingerprint density at radius 1 is 1.50 bits per heavy atom. The van der Waals surface area contributed by atoms with E-state index in [0.29, 0.717) is 12.0 Å². The van der Waals surface area contributed by atoms with E-state index in [1.807, 2.05) is 5.38 Å². The zero-order chi connectivity index (χ0) is 13.0. The summed E-state index contributed by atoms with van der Waals surface area (Å²) in [5.41, 5.74) is 8.49. The number of rotatable bonds is 6. The SMILES string of the molecule is NCc1cn[nH]c1S(=O)(=O)NCCc1cscn1. The molecule has 0 saturated carbocycles. The van der Waals surface area contributed by atoms with Gasteiger partial charge in [-0.3, -0.25) is 5.10 Å². The lowest BCUT2D eigenvalue weighted by molar-refractivity contribution is 0.575. The van der Waals surface area contributed by atoms with E-state index in [0.717, 1.165) is 5.69 Å². The van der Waals surface area contributed by atoms with Gasteiger partial charge in [-0.25, -0.2) is 18.1 Å². The van der Waals surface area contributed by atoms with Crippen LogP contribution in [0.15, 0.2) is 22.1 Å². The molecule has 0 aliphatic carbocycles. The van der Waals surface area contributed by atoms with E-state index in [1.165, 1.54) is 17.5 Å². The fourth-order valence-electron chi connectivity index (χ4n) is 1.42. The van der Waals surface area contributed by atoms with E-state index in [-0.39, 0.29) is 18.1 Å². The molecule has 98 valence electrons. The van der Waals surface area contributed by atoms with Gasteiger partial charge >= 0.3 is 0 Å². The number of sulfonamides is 1. The minimum atomic E-state index is -3.59. The first kappa shape index (κ1) is 13.1. The fourth-order valence-corrected chi connectivity index (χ4v) is 3.19. The lowest BCUT2D eigenvalue weighted by Gasteiger charge is -2.05. The van der Waals surface area contributed by atoms with Gasteiger partial charge in [0.1, 0.15) is 0 Å². The third-order valence-corrected chi connectivity index (χ3v) is 4.43. The van der Waals surface area contributed by atoms with Crippen LogP contribution in [0.1, 0.15) is 11.3 Å². The maximum atomic E-state index is 11.9. The number of thiazole rings is 1. The van der Waals surface area contributed by atoms with Crippen molar-refractivity contribution in [3.05, 3.63) is 28.3 Å². The van der Waals surface area contributed by atoms with Crippen LogP contribution in [0.25, 0.3) is 0 Å². The third kappa shape index (κ3) is 2.93. The second-order valence-corrected chi connectivity index (χ2v) is 5.98. The second kappa shape index (κ2) is 5.57. The Kier molecular flexibility index (Phi) is 4.07. The number of hydrogen-bond acceptors (Lipinski definition) is 6. The van der Waals surface area contributed by atoms with Crippen LogP contribution in [0.2, 0.25) is 0 Å². The van der Waals surface area contributed by atoms with E-state index in [9.17, 15) is 8.42 Å². The summed E-state index contributed by atoms with van der Waals surface area (Å²) in [4.78, 5) is 4.08. The zero-order valence-corrected chi connectivity index (χ0v) is 11.1. The Morgan fingerprint density at radius 3 is 3.00 bits per heavy atom. The van der Waals surface area contributed by atoms with Gasteiger partial charge in [0.25, 0.3) is 10.0 Å². The number of aromatic amines is 1. The van der Waals surface area contributed by atoms with Crippen molar-refractivity contribution < 1.29 is 8.42 Å². The number of nitrogens with two attached hydrogens (primary N) is 1. The first-order valence-electron chi connectivity index (χ1n) is 5.22. The molecule has 0 bridgehead atoms. The van der Waals surface area contributed by atoms with Crippen molar-refractivity contribution in [3.8, 4) is 0 Å². The highest BCUT2D eigenvalue weighted by molar-refractivity contribution is 7.89. The molecule has 0 amide bonds. The Balaban J connectivity index is 1.99. The third-order valence-electron chi connectivity index (χ3n) is 2.32. The van der Waals surface area contributed by atoms with Crippen LogP contribution < -0.4 is 10.5 Å². The summed E-state index contributed by atoms with van der Waals surface area (Å²) in [6.07, 6.45) is 1.96. The second-order valence-electron chi connectivity index (χ2n) is 3.56. The summed E-state index contributed by atoms with van der Waals surface area (Å²) in [5.74, 6) is 0.